The molecule has 1 saturated heterocycles. The lowest BCUT2D eigenvalue weighted by Crippen LogP contribution is -2.34. The third kappa shape index (κ3) is 7.07. The summed E-state index contributed by atoms with van der Waals surface area (Å²) in [4.78, 5) is 17.6. The molecular weight excluding hydrogens is 498 g/mol. The lowest BCUT2D eigenvalue weighted by atomic mass is 9.91. The molecule has 206 valence electrons. The highest BCUT2D eigenvalue weighted by Crippen LogP contribution is 2.28. The summed E-state index contributed by atoms with van der Waals surface area (Å²) in [5.41, 5.74) is 10.3. The molecule has 0 aliphatic carbocycles. The van der Waals surface area contributed by atoms with E-state index in [1.807, 2.05) is 67.6 Å². The quantitative estimate of drug-likeness (QED) is 0.153. The Morgan fingerprint density at radius 3 is 2.42 bits per heavy atom. The number of carbonyl (C=O) groups is 1. The summed E-state index contributed by atoms with van der Waals surface area (Å²) in [6.07, 6.45) is 2.77. The maximum absolute atomic E-state index is 13.1. The van der Waals surface area contributed by atoms with Gasteiger partial charge in [-0.1, -0.05) is 72.8 Å². The van der Waals surface area contributed by atoms with Crippen molar-refractivity contribution in [3.63, 3.8) is 0 Å². The topological polar surface area (TPSA) is 85.9 Å². The van der Waals surface area contributed by atoms with E-state index in [-0.39, 0.29) is 12.1 Å². The van der Waals surface area contributed by atoms with Crippen LogP contribution >= 0.6 is 0 Å². The minimum absolute atomic E-state index is 0.222. The molecule has 0 aromatic heterocycles. The number of aliphatic imine (C=N–C) groups is 1. The van der Waals surface area contributed by atoms with Crippen molar-refractivity contribution < 1.29 is 14.3 Å². The third-order valence-electron chi connectivity index (χ3n) is 7.36. The lowest BCUT2D eigenvalue weighted by Gasteiger charge is -2.24. The van der Waals surface area contributed by atoms with Crippen LogP contribution in [-0.4, -0.2) is 37.6 Å². The van der Waals surface area contributed by atoms with E-state index in [0.717, 1.165) is 64.7 Å². The minimum atomic E-state index is -0.411. The Bertz CT molecular complexity index is 1440. The number of nitrogens with two attached hydrogens (primary N) is 1. The lowest BCUT2D eigenvalue weighted by molar-refractivity contribution is -0.144. The third-order valence-corrected chi connectivity index (χ3v) is 7.36. The summed E-state index contributed by atoms with van der Waals surface area (Å²) < 4.78 is 11.6. The van der Waals surface area contributed by atoms with Gasteiger partial charge in [-0.15, -0.1) is 0 Å². The molecule has 0 spiro atoms. The van der Waals surface area contributed by atoms with Crippen molar-refractivity contribution in [3.05, 3.63) is 113 Å². The number of carbonyl (C=O) groups excluding carboxylic acids is 1. The monoisotopic (exact) mass is 535 g/mol. The molecule has 0 saturated carbocycles. The molecule has 1 fully saturated rings. The van der Waals surface area contributed by atoms with Crippen molar-refractivity contribution in [1.82, 2.24) is 5.32 Å². The summed E-state index contributed by atoms with van der Waals surface area (Å²) in [6, 6.07) is 30.4. The molecule has 1 atom stereocenters. The number of piperidine rings is 1. The van der Waals surface area contributed by atoms with Gasteiger partial charge in [0.1, 0.15) is 17.7 Å². The first kappa shape index (κ1) is 27.4. The number of hydrogen-bond donors (Lipinski definition) is 2. The Balaban J connectivity index is 1.34. The molecule has 1 heterocycles. The summed E-state index contributed by atoms with van der Waals surface area (Å²) in [7, 11) is 0. The number of amidine groups is 1. The molecule has 4 aromatic rings. The van der Waals surface area contributed by atoms with Crippen molar-refractivity contribution in [2.24, 2.45) is 10.7 Å². The summed E-state index contributed by atoms with van der Waals surface area (Å²) in [6.45, 7) is 4.68. The second-order valence-corrected chi connectivity index (χ2v) is 10.2. The van der Waals surface area contributed by atoms with Crippen LogP contribution in [0.25, 0.3) is 10.8 Å². The van der Waals surface area contributed by atoms with Crippen LogP contribution in [0.1, 0.15) is 47.9 Å². The van der Waals surface area contributed by atoms with Crippen LogP contribution in [-0.2, 0) is 22.5 Å². The second kappa shape index (κ2) is 13.3. The zero-order valence-corrected chi connectivity index (χ0v) is 23.0. The highest BCUT2D eigenvalue weighted by molar-refractivity contribution is 6.01. The van der Waals surface area contributed by atoms with Gasteiger partial charge in [-0.3, -0.25) is 9.79 Å². The molecule has 1 unspecified atom stereocenters. The summed E-state index contributed by atoms with van der Waals surface area (Å²) >= 11 is 0. The molecule has 5 rings (SSSR count). The molecule has 0 bridgehead atoms. The highest BCUT2D eigenvalue weighted by Gasteiger charge is 2.23. The molecule has 40 heavy (non-hydrogen) atoms. The number of esters is 1. The van der Waals surface area contributed by atoms with Crippen LogP contribution in [0.4, 0.5) is 0 Å². The van der Waals surface area contributed by atoms with Gasteiger partial charge >= 0.3 is 5.97 Å². The van der Waals surface area contributed by atoms with Crippen LogP contribution in [0.5, 0.6) is 5.75 Å². The van der Waals surface area contributed by atoms with Gasteiger partial charge in [-0.05, 0) is 84.9 Å². The van der Waals surface area contributed by atoms with Gasteiger partial charge in [0, 0.05) is 5.56 Å². The van der Waals surface area contributed by atoms with Crippen molar-refractivity contribution in [1.29, 1.82) is 0 Å². The van der Waals surface area contributed by atoms with Crippen molar-refractivity contribution in [2.75, 3.05) is 19.7 Å². The van der Waals surface area contributed by atoms with E-state index >= 15 is 0 Å². The number of hydrogen-bond acceptors (Lipinski definition) is 5. The molecule has 6 heteroatoms. The highest BCUT2D eigenvalue weighted by atomic mass is 16.5. The SMILES string of the molecule is CCOC(=O)C(Cc1ccc2ccc(C(N)=NCc3ccccc3)cc2c1)c1ccc(OC2CCNCC2)cc1. The Morgan fingerprint density at radius 1 is 0.925 bits per heavy atom. The van der Waals surface area contributed by atoms with Gasteiger partial charge in [-0.25, -0.2) is 0 Å². The number of nitrogens with one attached hydrogen (secondary N) is 1. The molecule has 1 aliphatic heterocycles. The maximum atomic E-state index is 13.1. The fraction of sp³-hybridized carbons (Fsp3) is 0.294. The van der Waals surface area contributed by atoms with E-state index in [4.69, 9.17) is 15.2 Å². The van der Waals surface area contributed by atoms with Crippen LogP contribution in [0, 0.1) is 0 Å². The predicted octanol–water partition coefficient (Wildman–Crippen LogP) is 5.77. The van der Waals surface area contributed by atoms with Crippen LogP contribution in [0.3, 0.4) is 0 Å². The number of benzene rings is 4. The van der Waals surface area contributed by atoms with Gasteiger partial charge in [0.2, 0.25) is 0 Å². The minimum Gasteiger partial charge on any atom is -0.490 e. The van der Waals surface area contributed by atoms with Crippen LogP contribution in [0.2, 0.25) is 0 Å². The van der Waals surface area contributed by atoms with Gasteiger partial charge in [-0.2, -0.15) is 0 Å². The number of ether oxygens (including phenoxy) is 2. The normalized spacial score (nSPS) is 15.1. The zero-order valence-electron chi connectivity index (χ0n) is 23.0. The summed E-state index contributed by atoms with van der Waals surface area (Å²) in [5.74, 6) is 0.710. The van der Waals surface area contributed by atoms with Gasteiger partial charge in [0.05, 0.1) is 19.1 Å². The molecule has 4 aromatic carbocycles. The van der Waals surface area contributed by atoms with Crippen molar-refractivity contribution in [3.8, 4) is 5.75 Å². The Hall–Kier alpha value is -4.16. The van der Waals surface area contributed by atoms with E-state index in [1.165, 1.54) is 0 Å². The van der Waals surface area contributed by atoms with Crippen molar-refractivity contribution >= 4 is 22.6 Å². The van der Waals surface area contributed by atoms with E-state index < -0.39 is 5.92 Å². The largest absolute Gasteiger partial charge is 0.490 e. The molecule has 0 radical (unpaired) electrons. The summed E-state index contributed by atoms with van der Waals surface area (Å²) in [5, 5.41) is 5.52. The molecule has 0 amide bonds. The Morgan fingerprint density at radius 2 is 1.68 bits per heavy atom. The van der Waals surface area contributed by atoms with Crippen LogP contribution in [0.15, 0.2) is 96.0 Å². The second-order valence-electron chi connectivity index (χ2n) is 10.2. The first-order chi connectivity index (χ1) is 19.6. The van der Waals surface area contributed by atoms with Gasteiger partial charge in [0.15, 0.2) is 0 Å². The number of nitrogens with zero attached hydrogens (tertiary/aromatic N) is 1. The zero-order chi connectivity index (χ0) is 27.7. The van der Waals surface area contributed by atoms with E-state index in [1.54, 1.807) is 0 Å². The number of rotatable bonds is 10. The average molecular weight is 536 g/mol. The molecule has 3 N–H and O–H groups in total. The van der Waals surface area contributed by atoms with E-state index in [9.17, 15) is 4.79 Å². The van der Waals surface area contributed by atoms with Gasteiger partial charge < -0.3 is 20.5 Å². The standard InChI is InChI=1S/C34H37N3O3/c1-2-39-34(38)32(27-12-14-30(15-13-27)40-31-16-18-36-19-17-31)21-25-8-9-26-10-11-28(22-29(26)20-25)33(35)37-23-24-6-4-3-5-7-24/h3-15,20,22,31-32,36H,2,16-19,21,23H2,1H3,(H2,35,37). The Kier molecular flexibility index (Phi) is 9.09. The van der Waals surface area contributed by atoms with Crippen LogP contribution < -0.4 is 15.8 Å². The fourth-order valence-electron chi connectivity index (χ4n) is 5.13. The number of fused-ring (bicyclic) bond motifs is 1. The Labute approximate surface area is 236 Å². The first-order valence-electron chi connectivity index (χ1n) is 14.1. The van der Waals surface area contributed by atoms with Gasteiger partial charge in [0.25, 0.3) is 0 Å². The maximum Gasteiger partial charge on any atom is 0.313 e. The molecular formula is C34H37N3O3. The van der Waals surface area contributed by atoms with E-state index in [0.29, 0.717) is 25.4 Å². The molecule has 6 nitrogen and oxygen atoms in total. The van der Waals surface area contributed by atoms with Crippen molar-refractivity contribution in [2.45, 2.75) is 44.8 Å². The predicted molar refractivity (Wildman–Crippen MR) is 161 cm³/mol. The fourth-order valence-corrected chi connectivity index (χ4v) is 5.13. The van der Waals surface area contributed by atoms with E-state index in [2.05, 4.69) is 40.6 Å². The first-order valence-corrected chi connectivity index (χ1v) is 14.1. The smallest absolute Gasteiger partial charge is 0.313 e. The molecule has 1 aliphatic rings. The average Bonchev–Trinajstić information content (AvgIpc) is 3.00.